The van der Waals surface area contributed by atoms with Crippen molar-refractivity contribution in [2.45, 2.75) is 13.8 Å². The Morgan fingerprint density at radius 2 is 1.81 bits per heavy atom. The van der Waals surface area contributed by atoms with E-state index in [1.54, 1.807) is 38.1 Å². The van der Waals surface area contributed by atoms with E-state index in [2.05, 4.69) is 16.4 Å². The number of hydrogen-bond acceptors (Lipinski definition) is 7. The fraction of sp³-hybridized carbons (Fsp3) is 0.200. The van der Waals surface area contributed by atoms with E-state index in [4.69, 9.17) is 9.47 Å². The second kappa shape index (κ2) is 10.7. The van der Waals surface area contributed by atoms with Gasteiger partial charge in [0.2, 0.25) is 11.7 Å². The number of para-hydroxylation sites is 1. The molecule has 0 spiro atoms. The van der Waals surface area contributed by atoms with E-state index in [0.29, 0.717) is 22.5 Å². The maximum atomic E-state index is 12.9. The van der Waals surface area contributed by atoms with Gasteiger partial charge in [0.1, 0.15) is 18.2 Å². The van der Waals surface area contributed by atoms with E-state index < -0.39 is 5.97 Å². The Kier molecular flexibility index (Phi) is 7.55. The van der Waals surface area contributed by atoms with Crippen molar-refractivity contribution in [3.8, 4) is 23.2 Å². The normalized spacial score (nSPS) is 10.2. The molecule has 0 aliphatic rings. The zero-order valence-electron chi connectivity index (χ0n) is 17.9. The molecule has 0 unspecified atom stereocenters. The van der Waals surface area contributed by atoms with E-state index in [-0.39, 0.29) is 37.0 Å². The molecule has 2 aromatic carbocycles. The minimum Gasteiger partial charge on any atom is -0.468 e. The summed E-state index contributed by atoms with van der Waals surface area (Å²) in [7, 11) is 0. The second-order valence-electron chi connectivity index (χ2n) is 6.90. The minimum absolute atomic E-state index is 0.0581. The quantitative estimate of drug-likeness (QED) is 0.402. The second-order valence-corrected chi connectivity index (χ2v) is 6.90. The Balaban J connectivity index is 1.79. The smallest absolute Gasteiger partial charge is 0.325 e. The topological polar surface area (TPSA) is 101 Å². The minimum atomic E-state index is -0.415. The summed E-state index contributed by atoms with van der Waals surface area (Å²) in [6.45, 7) is 3.44. The van der Waals surface area contributed by atoms with Gasteiger partial charge in [-0.3, -0.25) is 9.59 Å². The van der Waals surface area contributed by atoms with Gasteiger partial charge in [-0.05, 0) is 37.6 Å². The van der Waals surface area contributed by atoms with Crippen molar-refractivity contribution in [1.82, 2.24) is 4.98 Å². The van der Waals surface area contributed by atoms with Gasteiger partial charge in [-0.15, -0.1) is 0 Å². The highest BCUT2D eigenvalue weighted by molar-refractivity contribution is 6.02. The van der Waals surface area contributed by atoms with Crippen LogP contribution in [0.25, 0.3) is 11.3 Å². The summed E-state index contributed by atoms with van der Waals surface area (Å²) in [6.07, 6.45) is 0. The summed E-state index contributed by atoms with van der Waals surface area (Å²) in [6, 6.07) is 20.3. The molecule has 7 heteroatoms. The van der Waals surface area contributed by atoms with Crippen LogP contribution in [0.15, 0.2) is 60.7 Å². The molecule has 0 bridgehead atoms. The summed E-state index contributed by atoms with van der Waals surface area (Å²) < 4.78 is 10.6. The highest BCUT2D eigenvalue weighted by atomic mass is 16.5. The van der Waals surface area contributed by atoms with Crippen LogP contribution < -0.4 is 10.1 Å². The summed E-state index contributed by atoms with van der Waals surface area (Å²) in [5.74, 6) is -0.621. The summed E-state index contributed by atoms with van der Waals surface area (Å²) in [5, 5.41) is 12.5. The Labute approximate surface area is 186 Å². The van der Waals surface area contributed by atoms with Crippen molar-refractivity contribution in [2.24, 2.45) is 0 Å². The van der Waals surface area contributed by atoms with E-state index in [0.717, 1.165) is 5.56 Å². The van der Waals surface area contributed by atoms with Crippen LogP contribution in [0.1, 0.15) is 28.4 Å². The van der Waals surface area contributed by atoms with Crippen molar-refractivity contribution in [3.63, 3.8) is 0 Å². The van der Waals surface area contributed by atoms with E-state index in [1.807, 2.05) is 36.4 Å². The zero-order chi connectivity index (χ0) is 22.9. The number of ketones is 1. The number of ether oxygens (including phenoxy) is 2. The average molecular weight is 429 g/mol. The number of anilines is 1. The molecule has 32 heavy (non-hydrogen) atoms. The maximum Gasteiger partial charge on any atom is 0.325 e. The molecule has 0 aliphatic carbocycles. The number of carbonyl (C=O) groups excluding carboxylic acids is 2. The van der Waals surface area contributed by atoms with Crippen LogP contribution >= 0.6 is 0 Å². The first-order valence-corrected chi connectivity index (χ1v) is 10.1. The Morgan fingerprint density at radius 3 is 2.53 bits per heavy atom. The van der Waals surface area contributed by atoms with Crippen molar-refractivity contribution in [3.05, 3.63) is 77.4 Å². The fourth-order valence-electron chi connectivity index (χ4n) is 3.11. The van der Waals surface area contributed by atoms with Crippen molar-refractivity contribution in [2.75, 3.05) is 25.1 Å². The molecule has 1 heterocycles. The third-order valence-electron chi connectivity index (χ3n) is 4.66. The van der Waals surface area contributed by atoms with Gasteiger partial charge in [-0.2, -0.15) is 5.26 Å². The standard InChI is InChI=1S/C25H23N3O4/c1-3-31-24(30)15-27-21-12-8-7-11-19(21)23(29)16-32-25-20(14-26)17(2)13-22(28-25)18-9-5-4-6-10-18/h4-13,27H,3,15-16H2,1-2H3. The number of aromatic nitrogens is 1. The van der Waals surface area contributed by atoms with Crippen LogP contribution in [-0.2, 0) is 9.53 Å². The molecule has 1 aromatic heterocycles. The van der Waals surface area contributed by atoms with Crippen LogP contribution in [-0.4, -0.2) is 36.5 Å². The number of Topliss-reactive ketones (excluding diaryl/α,β-unsaturated/α-hetero) is 1. The fourth-order valence-corrected chi connectivity index (χ4v) is 3.11. The summed E-state index contributed by atoms with van der Waals surface area (Å²) in [5.41, 5.74) is 3.39. The first-order chi connectivity index (χ1) is 15.5. The molecule has 0 fully saturated rings. The van der Waals surface area contributed by atoms with Gasteiger partial charge in [0, 0.05) is 16.8 Å². The monoisotopic (exact) mass is 429 g/mol. The van der Waals surface area contributed by atoms with Crippen LogP contribution in [0.5, 0.6) is 5.88 Å². The van der Waals surface area contributed by atoms with E-state index >= 15 is 0 Å². The average Bonchev–Trinajstić information content (AvgIpc) is 2.82. The first kappa shape index (κ1) is 22.5. The van der Waals surface area contributed by atoms with Gasteiger partial charge >= 0.3 is 5.97 Å². The number of aryl methyl sites for hydroxylation is 1. The molecule has 3 aromatic rings. The Bertz CT molecular complexity index is 1150. The Hall–Kier alpha value is -4.18. The van der Waals surface area contributed by atoms with Gasteiger partial charge in [-0.1, -0.05) is 42.5 Å². The highest BCUT2D eigenvalue weighted by Crippen LogP contribution is 2.26. The number of nitrogens with zero attached hydrogens (tertiary/aromatic N) is 2. The Morgan fingerprint density at radius 1 is 1.09 bits per heavy atom. The van der Waals surface area contributed by atoms with Crippen LogP contribution in [0, 0.1) is 18.3 Å². The van der Waals surface area contributed by atoms with E-state index in [1.165, 1.54) is 0 Å². The predicted octanol–water partition coefficient (Wildman–Crippen LogP) is 4.17. The first-order valence-electron chi connectivity index (χ1n) is 10.1. The largest absolute Gasteiger partial charge is 0.468 e. The molecule has 0 saturated heterocycles. The molecule has 0 saturated carbocycles. The number of pyridine rings is 1. The van der Waals surface area contributed by atoms with Gasteiger partial charge in [-0.25, -0.2) is 4.98 Å². The summed E-state index contributed by atoms with van der Waals surface area (Å²) >= 11 is 0. The van der Waals surface area contributed by atoms with Gasteiger partial charge in [0.25, 0.3) is 0 Å². The molecule has 1 N–H and O–H groups in total. The number of hydrogen-bond donors (Lipinski definition) is 1. The lowest BCUT2D eigenvalue weighted by Crippen LogP contribution is -2.20. The third-order valence-corrected chi connectivity index (χ3v) is 4.66. The molecule has 3 rings (SSSR count). The number of benzene rings is 2. The number of esters is 1. The van der Waals surface area contributed by atoms with Gasteiger partial charge < -0.3 is 14.8 Å². The predicted molar refractivity (Wildman–Crippen MR) is 121 cm³/mol. The molecule has 0 radical (unpaired) electrons. The van der Waals surface area contributed by atoms with Crippen molar-refractivity contribution >= 4 is 17.4 Å². The molecule has 0 amide bonds. The highest BCUT2D eigenvalue weighted by Gasteiger charge is 2.17. The number of rotatable bonds is 9. The van der Waals surface area contributed by atoms with Gasteiger partial charge in [0.05, 0.1) is 12.3 Å². The van der Waals surface area contributed by atoms with Gasteiger partial charge in [0.15, 0.2) is 6.61 Å². The molecule has 162 valence electrons. The molecular formula is C25H23N3O4. The van der Waals surface area contributed by atoms with Crippen molar-refractivity contribution < 1.29 is 19.1 Å². The van der Waals surface area contributed by atoms with Crippen LogP contribution in [0.2, 0.25) is 0 Å². The molecule has 7 nitrogen and oxygen atoms in total. The molecule has 0 aliphatic heterocycles. The van der Waals surface area contributed by atoms with Crippen LogP contribution in [0.4, 0.5) is 5.69 Å². The molecule has 0 atom stereocenters. The number of carbonyl (C=O) groups is 2. The third kappa shape index (κ3) is 5.49. The van der Waals surface area contributed by atoms with Crippen LogP contribution in [0.3, 0.4) is 0 Å². The van der Waals surface area contributed by atoms with Crippen molar-refractivity contribution in [1.29, 1.82) is 5.26 Å². The lowest BCUT2D eigenvalue weighted by atomic mass is 10.1. The lowest BCUT2D eigenvalue weighted by Gasteiger charge is -2.13. The molecular weight excluding hydrogens is 406 g/mol. The number of nitrogens with one attached hydrogen (secondary N) is 1. The summed E-state index contributed by atoms with van der Waals surface area (Å²) in [4.78, 5) is 29.0. The maximum absolute atomic E-state index is 12.9. The zero-order valence-corrected chi connectivity index (χ0v) is 17.9. The lowest BCUT2D eigenvalue weighted by molar-refractivity contribution is -0.140. The SMILES string of the molecule is CCOC(=O)CNc1ccccc1C(=O)COc1nc(-c2ccccc2)cc(C)c1C#N. The van der Waals surface area contributed by atoms with E-state index in [9.17, 15) is 14.9 Å². The number of nitriles is 1.